The molecule has 1 atom stereocenters. The van der Waals surface area contributed by atoms with E-state index in [0.717, 1.165) is 12.1 Å². The van der Waals surface area contributed by atoms with Crippen LogP contribution in [0, 0.1) is 0 Å². The maximum atomic E-state index is 12.4. The second-order valence-electron chi connectivity index (χ2n) is 6.94. The van der Waals surface area contributed by atoms with E-state index >= 15 is 0 Å². The Hall–Kier alpha value is -3.36. The molecule has 1 aromatic rings. The predicted molar refractivity (Wildman–Crippen MR) is 108 cm³/mol. The Morgan fingerprint density at radius 2 is 1.83 bits per heavy atom. The number of rotatable bonds is 7. The molecule has 0 radical (unpaired) electrons. The Kier molecular flexibility index (Phi) is 6.71. The van der Waals surface area contributed by atoms with E-state index in [2.05, 4.69) is 10.6 Å². The fourth-order valence-corrected chi connectivity index (χ4v) is 3.50. The van der Waals surface area contributed by atoms with Gasteiger partial charge in [-0.15, -0.1) is 0 Å². The number of hydrogen-bond donors (Lipinski definition) is 2. The number of urea groups is 1. The fraction of sp³-hybridized carbons (Fsp3) is 0.429. The minimum absolute atomic E-state index is 0.0656. The molecule has 0 aliphatic carbocycles. The van der Waals surface area contributed by atoms with Crippen LogP contribution in [-0.2, 0) is 19.1 Å². The standard InChI is InChI=1S/C21H25N3O6/c1-3-15-18(20(27)29-4-2)16(23-21(28)22-15)12-30-19(26)13-7-9-14(10-8-13)24-11-5-6-17(24)25/h7-10,15H,3-6,11-12H2,1-2H3,(H2,22,23,28)/t15-/m0/s1. The molecule has 160 valence electrons. The quantitative estimate of drug-likeness (QED) is 0.658. The molecule has 1 saturated heterocycles. The average Bonchev–Trinajstić information content (AvgIpc) is 3.17. The van der Waals surface area contributed by atoms with Gasteiger partial charge >= 0.3 is 18.0 Å². The first kappa shape index (κ1) is 21.4. The number of carbonyl (C=O) groups is 4. The second kappa shape index (κ2) is 9.43. The Balaban J connectivity index is 1.71. The number of carbonyl (C=O) groups excluding carboxylic acids is 4. The van der Waals surface area contributed by atoms with Crippen LogP contribution in [0.15, 0.2) is 35.5 Å². The molecule has 1 aromatic carbocycles. The van der Waals surface area contributed by atoms with Gasteiger partial charge in [-0.05, 0) is 44.0 Å². The van der Waals surface area contributed by atoms with Crippen LogP contribution < -0.4 is 15.5 Å². The van der Waals surface area contributed by atoms with E-state index in [-0.39, 0.29) is 30.4 Å². The van der Waals surface area contributed by atoms with Crippen molar-refractivity contribution < 1.29 is 28.7 Å². The number of nitrogens with one attached hydrogen (secondary N) is 2. The van der Waals surface area contributed by atoms with Gasteiger partial charge in [0, 0.05) is 18.7 Å². The lowest BCUT2D eigenvalue weighted by atomic mass is 10.0. The Bertz CT molecular complexity index is 877. The number of ether oxygens (including phenoxy) is 2. The largest absolute Gasteiger partial charge is 0.463 e. The van der Waals surface area contributed by atoms with Crippen molar-refractivity contribution in [2.45, 2.75) is 39.2 Å². The van der Waals surface area contributed by atoms with Gasteiger partial charge < -0.3 is 25.0 Å². The van der Waals surface area contributed by atoms with E-state index in [9.17, 15) is 19.2 Å². The highest BCUT2D eigenvalue weighted by Gasteiger charge is 2.32. The van der Waals surface area contributed by atoms with Crippen molar-refractivity contribution in [2.75, 3.05) is 24.7 Å². The van der Waals surface area contributed by atoms with Crippen molar-refractivity contribution in [3.63, 3.8) is 0 Å². The molecule has 9 nitrogen and oxygen atoms in total. The zero-order valence-electron chi connectivity index (χ0n) is 17.0. The van der Waals surface area contributed by atoms with E-state index in [1.165, 1.54) is 0 Å². The highest BCUT2D eigenvalue weighted by atomic mass is 16.5. The van der Waals surface area contributed by atoms with Crippen LogP contribution in [0.25, 0.3) is 0 Å². The number of amides is 3. The van der Waals surface area contributed by atoms with Gasteiger partial charge in [0.2, 0.25) is 5.91 Å². The summed E-state index contributed by atoms with van der Waals surface area (Å²) in [5.74, 6) is -1.11. The Morgan fingerprint density at radius 3 is 2.43 bits per heavy atom. The van der Waals surface area contributed by atoms with Crippen LogP contribution in [0.3, 0.4) is 0 Å². The van der Waals surface area contributed by atoms with E-state index in [1.54, 1.807) is 36.1 Å². The molecule has 0 unspecified atom stereocenters. The van der Waals surface area contributed by atoms with Crippen molar-refractivity contribution in [1.82, 2.24) is 10.6 Å². The average molecular weight is 415 g/mol. The van der Waals surface area contributed by atoms with Gasteiger partial charge in [0.05, 0.1) is 29.5 Å². The first-order valence-electron chi connectivity index (χ1n) is 9.99. The lowest BCUT2D eigenvalue weighted by Gasteiger charge is -2.28. The zero-order chi connectivity index (χ0) is 21.7. The summed E-state index contributed by atoms with van der Waals surface area (Å²) in [7, 11) is 0. The zero-order valence-corrected chi connectivity index (χ0v) is 17.0. The minimum atomic E-state index is -0.606. The molecule has 0 bridgehead atoms. The molecule has 0 saturated carbocycles. The van der Waals surface area contributed by atoms with Crippen LogP contribution in [0.4, 0.5) is 10.5 Å². The summed E-state index contributed by atoms with van der Waals surface area (Å²) < 4.78 is 10.4. The number of benzene rings is 1. The number of nitrogens with zero attached hydrogens (tertiary/aromatic N) is 1. The molecule has 1 fully saturated rings. The molecule has 2 aliphatic rings. The molecular formula is C21H25N3O6. The summed E-state index contributed by atoms with van der Waals surface area (Å²) in [4.78, 5) is 50.2. The van der Waals surface area contributed by atoms with Gasteiger partial charge in [0.1, 0.15) is 6.61 Å². The second-order valence-corrected chi connectivity index (χ2v) is 6.94. The topological polar surface area (TPSA) is 114 Å². The molecule has 9 heteroatoms. The van der Waals surface area contributed by atoms with E-state index in [1.807, 2.05) is 6.92 Å². The SMILES string of the molecule is CCOC(=O)C1=C(COC(=O)c2ccc(N3CCCC3=O)cc2)NC(=O)N[C@H]1CC. The number of anilines is 1. The highest BCUT2D eigenvalue weighted by Crippen LogP contribution is 2.22. The van der Waals surface area contributed by atoms with Gasteiger partial charge in [-0.25, -0.2) is 14.4 Å². The molecule has 2 heterocycles. The summed E-state index contributed by atoms with van der Waals surface area (Å²) in [5.41, 5.74) is 1.49. The third-order valence-electron chi connectivity index (χ3n) is 4.98. The normalized spacial score (nSPS) is 18.7. The summed E-state index contributed by atoms with van der Waals surface area (Å²) in [6.07, 6.45) is 1.83. The van der Waals surface area contributed by atoms with E-state index < -0.39 is 24.0 Å². The maximum Gasteiger partial charge on any atom is 0.338 e. The summed E-state index contributed by atoms with van der Waals surface area (Å²) in [5, 5.41) is 5.20. The van der Waals surface area contributed by atoms with Crippen molar-refractivity contribution >= 4 is 29.6 Å². The highest BCUT2D eigenvalue weighted by molar-refractivity contribution is 5.97. The van der Waals surface area contributed by atoms with Gasteiger partial charge in [0.25, 0.3) is 0 Å². The lowest BCUT2D eigenvalue weighted by Crippen LogP contribution is -2.51. The van der Waals surface area contributed by atoms with Crippen molar-refractivity contribution in [3.05, 3.63) is 41.1 Å². The monoisotopic (exact) mass is 415 g/mol. The van der Waals surface area contributed by atoms with Crippen LogP contribution in [0.5, 0.6) is 0 Å². The first-order valence-corrected chi connectivity index (χ1v) is 9.99. The van der Waals surface area contributed by atoms with E-state index in [4.69, 9.17) is 9.47 Å². The first-order chi connectivity index (χ1) is 14.4. The molecule has 0 aromatic heterocycles. The molecule has 3 amide bonds. The third kappa shape index (κ3) is 4.61. The van der Waals surface area contributed by atoms with Crippen molar-refractivity contribution in [2.24, 2.45) is 0 Å². The van der Waals surface area contributed by atoms with Gasteiger partial charge in [-0.2, -0.15) is 0 Å². The molecular weight excluding hydrogens is 390 g/mol. The number of esters is 2. The van der Waals surface area contributed by atoms with Crippen LogP contribution >= 0.6 is 0 Å². The fourth-order valence-electron chi connectivity index (χ4n) is 3.50. The van der Waals surface area contributed by atoms with Crippen molar-refractivity contribution in [1.29, 1.82) is 0 Å². The lowest BCUT2D eigenvalue weighted by molar-refractivity contribution is -0.139. The van der Waals surface area contributed by atoms with Crippen LogP contribution in [0.1, 0.15) is 43.5 Å². The molecule has 30 heavy (non-hydrogen) atoms. The Morgan fingerprint density at radius 1 is 1.10 bits per heavy atom. The maximum absolute atomic E-state index is 12.4. The summed E-state index contributed by atoms with van der Waals surface area (Å²) >= 11 is 0. The van der Waals surface area contributed by atoms with Gasteiger partial charge in [-0.1, -0.05) is 6.92 Å². The third-order valence-corrected chi connectivity index (χ3v) is 4.98. The molecule has 2 aliphatic heterocycles. The van der Waals surface area contributed by atoms with Gasteiger partial charge in [0.15, 0.2) is 0 Å². The van der Waals surface area contributed by atoms with E-state index in [0.29, 0.717) is 24.9 Å². The predicted octanol–water partition coefficient (Wildman–Crippen LogP) is 1.88. The minimum Gasteiger partial charge on any atom is -0.463 e. The summed E-state index contributed by atoms with van der Waals surface area (Å²) in [6.45, 7) is 4.09. The van der Waals surface area contributed by atoms with Crippen LogP contribution in [0.2, 0.25) is 0 Å². The molecule has 2 N–H and O–H groups in total. The smallest absolute Gasteiger partial charge is 0.338 e. The summed E-state index contributed by atoms with van der Waals surface area (Å²) in [6, 6.07) is 5.56. The molecule has 3 rings (SSSR count). The molecule has 0 spiro atoms. The number of hydrogen-bond acceptors (Lipinski definition) is 6. The Labute approximate surface area is 174 Å². The van der Waals surface area contributed by atoms with Crippen LogP contribution in [-0.4, -0.2) is 49.7 Å². The van der Waals surface area contributed by atoms with Gasteiger partial charge in [-0.3, -0.25) is 4.79 Å². The van der Waals surface area contributed by atoms with Crippen molar-refractivity contribution in [3.8, 4) is 0 Å².